The van der Waals surface area contributed by atoms with E-state index < -0.39 is 0 Å². The van der Waals surface area contributed by atoms with Gasteiger partial charge < -0.3 is 15.0 Å². The molecule has 0 aliphatic carbocycles. The number of rotatable bonds is 7. The fraction of sp³-hybridized carbons (Fsp3) is 0.533. The molecule has 0 aliphatic rings. The fourth-order valence-electron chi connectivity index (χ4n) is 1.62. The van der Waals surface area contributed by atoms with Crippen molar-refractivity contribution >= 4 is 17.5 Å². The Hall–Kier alpha value is -1.26. The molecule has 0 aromatic heterocycles. The third kappa shape index (κ3) is 5.02. The number of carbonyl (C=O) groups is 1. The minimum absolute atomic E-state index is 0.0371. The molecule has 0 atom stereocenters. The third-order valence-electron chi connectivity index (χ3n) is 3.11. The van der Waals surface area contributed by atoms with Crippen molar-refractivity contribution in [3.05, 3.63) is 28.8 Å². The van der Waals surface area contributed by atoms with E-state index in [-0.39, 0.29) is 18.6 Å². The molecule has 0 heterocycles. The molecule has 1 N–H and O–H groups in total. The van der Waals surface area contributed by atoms with Crippen molar-refractivity contribution in [2.45, 2.75) is 33.4 Å². The predicted octanol–water partition coefficient (Wildman–Crippen LogP) is 2.70. The standard InChI is InChI=1S/C15H23ClN2O2/c1-5-17-9-12-8-13(16)6-7-14(12)20-10-15(19)18(4)11(2)3/h6-8,11,17H,5,9-10H2,1-4H3. The van der Waals surface area contributed by atoms with Crippen molar-refractivity contribution in [3.8, 4) is 5.75 Å². The molecule has 0 bridgehead atoms. The van der Waals surface area contributed by atoms with Gasteiger partial charge >= 0.3 is 0 Å². The van der Waals surface area contributed by atoms with Crippen LogP contribution in [0.3, 0.4) is 0 Å². The molecule has 1 aromatic rings. The fourth-order valence-corrected chi connectivity index (χ4v) is 1.81. The van der Waals surface area contributed by atoms with E-state index in [1.807, 2.05) is 26.8 Å². The lowest BCUT2D eigenvalue weighted by atomic mass is 10.2. The van der Waals surface area contributed by atoms with E-state index in [1.54, 1.807) is 24.1 Å². The van der Waals surface area contributed by atoms with E-state index in [0.717, 1.165) is 12.1 Å². The van der Waals surface area contributed by atoms with Gasteiger partial charge in [0, 0.05) is 30.2 Å². The Balaban J connectivity index is 2.69. The highest BCUT2D eigenvalue weighted by atomic mass is 35.5. The van der Waals surface area contributed by atoms with Crippen LogP contribution in [0.1, 0.15) is 26.3 Å². The smallest absolute Gasteiger partial charge is 0.260 e. The zero-order chi connectivity index (χ0) is 15.1. The van der Waals surface area contributed by atoms with Crippen LogP contribution in [0.4, 0.5) is 0 Å². The number of hydrogen-bond donors (Lipinski definition) is 1. The zero-order valence-corrected chi connectivity index (χ0v) is 13.3. The van der Waals surface area contributed by atoms with Gasteiger partial charge in [0.15, 0.2) is 6.61 Å². The van der Waals surface area contributed by atoms with Crippen molar-refractivity contribution in [1.29, 1.82) is 0 Å². The Morgan fingerprint density at radius 2 is 2.15 bits per heavy atom. The lowest BCUT2D eigenvalue weighted by molar-refractivity contribution is -0.133. The SMILES string of the molecule is CCNCc1cc(Cl)ccc1OCC(=O)N(C)C(C)C. The van der Waals surface area contributed by atoms with Crippen LogP contribution in [0.5, 0.6) is 5.75 Å². The summed E-state index contributed by atoms with van der Waals surface area (Å²) in [5, 5.41) is 3.89. The second-order valence-electron chi connectivity index (χ2n) is 4.92. The molecule has 112 valence electrons. The van der Waals surface area contributed by atoms with Crippen molar-refractivity contribution in [2.75, 3.05) is 20.2 Å². The molecule has 0 spiro atoms. The highest BCUT2D eigenvalue weighted by molar-refractivity contribution is 6.30. The van der Waals surface area contributed by atoms with E-state index in [0.29, 0.717) is 17.3 Å². The maximum absolute atomic E-state index is 11.9. The van der Waals surface area contributed by atoms with Crippen LogP contribution < -0.4 is 10.1 Å². The summed E-state index contributed by atoms with van der Waals surface area (Å²) in [5.41, 5.74) is 0.958. The lowest BCUT2D eigenvalue weighted by Gasteiger charge is -2.22. The molecule has 1 aromatic carbocycles. The lowest BCUT2D eigenvalue weighted by Crippen LogP contribution is -2.36. The Morgan fingerprint density at radius 3 is 2.75 bits per heavy atom. The highest BCUT2D eigenvalue weighted by Crippen LogP contribution is 2.23. The molecule has 1 amide bonds. The van der Waals surface area contributed by atoms with E-state index in [2.05, 4.69) is 5.32 Å². The Labute approximate surface area is 126 Å². The van der Waals surface area contributed by atoms with Gasteiger partial charge in [0.25, 0.3) is 5.91 Å². The summed E-state index contributed by atoms with van der Waals surface area (Å²) < 4.78 is 5.63. The summed E-state index contributed by atoms with van der Waals surface area (Å²) in [4.78, 5) is 13.6. The number of nitrogens with one attached hydrogen (secondary N) is 1. The second-order valence-corrected chi connectivity index (χ2v) is 5.36. The molecule has 0 aliphatic heterocycles. The molecule has 4 nitrogen and oxygen atoms in total. The van der Waals surface area contributed by atoms with Gasteiger partial charge in [0.05, 0.1) is 0 Å². The monoisotopic (exact) mass is 298 g/mol. The van der Waals surface area contributed by atoms with Gasteiger partial charge in [-0.1, -0.05) is 18.5 Å². The highest BCUT2D eigenvalue weighted by Gasteiger charge is 2.13. The molecule has 0 fully saturated rings. The number of benzene rings is 1. The van der Waals surface area contributed by atoms with Crippen LogP contribution >= 0.6 is 11.6 Å². The second kappa shape index (κ2) is 8.12. The van der Waals surface area contributed by atoms with Gasteiger partial charge in [-0.25, -0.2) is 0 Å². The first-order chi connectivity index (χ1) is 9.45. The molecule has 0 saturated carbocycles. The molecular weight excluding hydrogens is 276 g/mol. The number of hydrogen-bond acceptors (Lipinski definition) is 3. The van der Waals surface area contributed by atoms with Gasteiger partial charge in [-0.15, -0.1) is 0 Å². The van der Waals surface area contributed by atoms with Crippen LogP contribution in [-0.2, 0) is 11.3 Å². The summed E-state index contributed by atoms with van der Waals surface area (Å²) in [5.74, 6) is 0.658. The summed E-state index contributed by atoms with van der Waals surface area (Å²) in [6.07, 6.45) is 0. The van der Waals surface area contributed by atoms with Gasteiger partial charge in [-0.2, -0.15) is 0 Å². The number of nitrogens with zero attached hydrogens (tertiary/aromatic N) is 1. The number of amides is 1. The van der Waals surface area contributed by atoms with Crippen LogP contribution in [0.25, 0.3) is 0 Å². The average Bonchev–Trinajstić information content (AvgIpc) is 2.42. The van der Waals surface area contributed by atoms with Gasteiger partial charge in [0.1, 0.15) is 5.75 Å². The van der Waals surface area contributed by atoms with Gasteiger partial charge in [-0.3, -0.25) is 4.79 Å². The van der Waals surface area contributed by atoms with Crippen molar-refractivity contribution in [3.63, 3.8) is 0 Å². The quantitative estimate of drug-likeness (QED) is 0.841. The number of likely N-dealkylation sites (N-methyl/N-ethyl adjacent to an activating group) is 1. The van der Waals surface area contributed by atoms with Gasteiger partial charge in [-0.05, 0) is 38.6 Å². The predicted molar refractivity (Wildman–Crippen MR) is 82.2 cm³/mol. The van der Waals surface area contributed by atoms with Crippen LogP contribution in [0, 0.1) is 0 Å². The Bertz CT molecular complexity index is 449. The van der Waals surface area contributed by atoms with E-state index in [4.69, 9.17) is 16.3 Å². The Morgan fingerprint density at radius 1 is 1.45 bits per heavy atom. The van der Waals surface area contributed by atoms with Crippen LogP contribution in [0.2, 0.25) is 5.02 Å². The van der Waals surface area contributed by atoms with Crippen LogP contribution in [0.15, 0.2) is 18.2 Å². The molecular formula is C15H23ClN2O2. The number of halogens is 1. The summed E-state index contributed by atoms with van der Waals surface area (Å²) in [7, 11) is 1.78. The van der Waals surface area contributed by atoms with E-state index in [9.17, 15) is 4.79 Å². The molecule has 5 heteroatoms. The third-order valence-corrected chi connectivity index (χ3v) is 3.34. The first-order valence-corrected chi connectivity index (χ1v) is 7.21. The topological polar surface area (TPSA) is 41.6 Å². The molecule has 0 unspecified atom stereocenters. The number of carbonyl (C=O) groups excluding carboxylic acids is 1. The number of ether oxygens (including phenoxy) is 1. The molecule has 0 saturated heterocycles. The van der Waals surface area contributed by atoms with Crippen molar-refractivity contribution in [1.82, 2.24) is 10.2 Å². The van der Waals surface area contributed by atoms with Gasteiger partial charge in [0.2, 0.25) is 0 Å². The first-order valence-electron chi connectivity index (χ1n) is 6.83. The zero-order valence-electron chi connectivity index (χ0n) is 12.6. The summed E-state index contributed by atoms with van der Waals surface area (Å²) >= 11 is 5.99. The minimum Gasteiger partial charge on any atom is -0.483 e. The normalized spacial score (nSPS) is 10.7. The Kier molecular flexibility index (Phi) is 6.82. The largest absolute Gasteiger partial charge is 0.483 e. The van der Waals surface area contributed by atoms with Crippen LogP contribution in [-0.4, -0.2) is 37.0 Å². The maximum atomic E-state index is 11.9. The maximum Gasteiger partial charge on any atom is 0.260 e. The molecule has 1 rings (SSSR count). The first kappa shape index (κ1) is 16.8. The van der Waals surface area contributed by atoms with E-state index >= 15 is 0 Å². The summed E-state index contributed by atoms with van der Waals surface area (Å²) in [6, 6.07) is 5.59. The van der Waals surface area contributed by atoms with Crippen molar-refractivity contribution < 1.29 is 9.53 Å². The average molecular weight is 299 g/mol. The molecule has 20 heavy (non-hydrogen) atoms. The van der Waals surface area contributed by atoms with E-state index in [1.165, 1.54) is 0 Å². The molecule has 0 radical (unpaired) electrons. The summed E-state index contributed by atoms with van der Waals surface area (Å²) in [6.45, 7) is 7.54. The minimum atomic E-state index is -0.0376. The van der Waals surface area contributed by atoms with Crippen molar-refractivity contribution in [2.24, 2.45) is 0 Å².